The highest BCUT2D eigenvalue weighted by Gasteiger charge is 2.54. The van der Waals surface area contributed by atoms with Gasteiger partial charge in [0, 0.05) is 12.1 Å². The molecule has 0 aromatic heterocycles. The van der Waals surface area contributed by atoms with E-state index in [1.165, 1.54) is 19.3 Å². The van der Waals surface area contributed by atoms with Gasteiger partial charge in [0.2, 0.25) is 0 Å². The first kappa shape index (κ1) is 5.69. The summed E-state index contributed by atoms with van der Waals surface area (Å²) in [6, 6.07) is 0. The topological polar surface area (TPSA) is 52.0 Å². The number of hydrogen-bond donors (Lipinski definition) is 2. The van der Waals surface area contributed by atoms with Crippen LogP contribution in [-0.2, 0) is 0 Å². The van der Waals surface area contributed by atoms with Crippen LogP contribution in [0.1, 0.15) is 19.3 Å². The molecule has 2 heteroatoms. The lowest BCUT2D eigenvalue weighted by molar-refractivity contribution is 0.395. The Morgan fingerprint density at radius 2 is 2.33 bits per heavy atom. The van der Waals surface area contributed by atoms with Gasteiger partial charge in [0.25, 0.3) is 0 Å². The van der Waals surface area contributed by atoms with E-state index < -0.39 is 0 Å². The van der Waals surface area contributed by atoms with Crippen LogP contribution >= 0.6 is 0 Å². The molecule has 0 aromatic rings. The van der Waals surface area contributed by atoms with E-state index in [1.807, 2.05) is 0 Å². The summed E-state index contributed by atoms with van der Waals surface area (Å²) in [5, 5.41) is 0. The molecule has 0 radical (unpaired) electrons. The molecular formula is C7H14N2. The quantitative estimate of drug-likeness (QED) is 0.522. The highest BCUT2D eigenvalue weighted by molar-refractivity contribution is 5.10. The van der Waals surface area contributed by atoms with E-state index >= 15 is 0 Å². The normalized spacial score (nSPS) is 55.3. The van der Waals surface area contributed by atoms with Gasteiger partial charge in [0.15, 0.2) is 0 Å². The van der Waals surface area contributed by atoms with Crippen LogP contribution in [0, 0.1) is 11.8 Å². The van der Waals surface area contributed by atoms with Crippen molar-refractivity contribution in [1.29, 1.82) is 0 Å². The SMILES string of the molecule is NCC1(N)CCC2CC21. The maximum absolute atomic E-state index is 6.02. The van der Waals surface area contributed by atoms with Crippen LogP contribution < -0.4 is 11.5 Å². The molecule has 0 spiro atoms. The van der Waals surface area contributed by atoms with E-state index in [1.54, 1.807) is 0 Å². The van der Waals surface area contributed by atoms with Gasteiger partial charge in [0.05, 0.1) is 0 Å². The molecule has 2 saturated carbocycles. The van der Waals surface area contributed by atoms with E-state index in [-0.39, 0.29) is 5.54 Å². The van der Waals surface area contributed by atoms with Crippen molar-refractivity contribution in [2.75, 3.05) is 6.54 Å². The molecular weight excluding hydrogens is 112 g/mol. The smallest absolute Gasteiger partial charge is 0.0310 e. The van der Waals surface area contributed by atoms with Crippen molar-refractivity contribution in [2.24, 2.45) is 23.3 Å². The molecule has 3 unspecified atom stereocenters. The van der Waals surface area contributed by atoms with E-state index in [4.69, 9.17) is 11.5 Å². The van der Waals surface area contributed by atoms with Crippen molar-refractivity contribution < 1.29 is 0 Å². The number of fused-ring (bicyclic) bond motifs is 1. The number of hydrogen-bond acceptors (Lipinski definition) is 2. The fourth-order valence-electron chi connectivity index (χ4n) is 2.16. The Hall–Kier alpha value is -0.0800. The van der Waals surface area contributed by atoms with Gasteiger partial charge in [-0.1, -0.05) is 0 Å². The van der Waals surface area contributed by atoms with Gasteiger partial charge in [-0.3, -0.25) is 0 Å². The lowest BCUT2D eigenvalue weighted by atomic mass is 9.95. The summed E-state index contributed by atoms with van der Waals surface area (Å²) in [5.74, 6) is 1.75. The molecule has 2 nitrogen and oxygen atoms in total. The highest BCUT2D eigenvalue weighted by Crippen LogP contribution is 2.55. The number of nitrogens with two attached hydrogens (primary N) is 2. The van der Waals surface area contributed by atoms with Crippen LogP contribution in [0.4, 0.5) is 0 Å². The molecule has 0 bridgehead atoms. The average molecular weight is 126 g/mol. The Balaban J connectivity index is 2.11. The predicted octanol–water partition coefficient (Wildman–Crippen LogP) is 0.0725. The van der Waals surface area contributed by atoms with E-state index in [0.29, 0.717) is 6.54 Å². The second-order valence-corrected chi connectivity index (χ2v) is 3.58. The second kappa shape index (κ2) is 1.50. The summed E-state index contributed by atoms with van der Waals surface area (Å²) in [4.78, 5) is 0. The molecule has 4 N–H and O–H groups in total. The molecule has 0 heterocycles. The third kappa shape index (κ3) is 0.634. The van der Waals surface area contributed by atoms with Gasteiger partial charge in [-0.25, -0.2) is 0 Å². The number of rotatable bonds is 1. The molecule has 9 heavy (non-hydrogen) atoms. The molecule has 52 valence electrons. The molecule has 2 fully saturated rings. The summed E-state index contributed by atoms with van der Waals surface area (Å²) in [6.07, 6.45) is 3.85. The van der Waals surface area contributed by atoms with Crippen LogP contribution in [-0.4, -0.2) is 12.1 Å². The van der Waals surface area contributed by atoms with E-state index in [2.05, 4.69) is 0 Å². The third-order valence-corrected chi connectivity index (χ3v) is 3.02. The third-order valence-electron chi connectivity index (χ3n) is 3.02. The van der Waals surface area contributed by atoms with Crippen LogP contribution in [0.15, 0.2) is 0 Å². The minimum atomic E-state index is 0.0463. The van der Waals surface area contributed by atoms with Gasteiger partial charge in [-0.05, 0) is 31.1 Å². The lowest BCUT2D eigenvalue weighted by Gasteiger charge is -2.23. The molecule has 3 atom stereocenters. The van der Waals surface area contributed by atoms with Gasteiger partial charge in [-0.15, -0.1) is 0 Å². The molecule has 2 rings (SSSR count). The first-order valence-electron chi connectivity index (χ1n) is 3.75. The highest BCUT2D eigenvalue weighted by atomic mass is 14.9. The van der Waals surface area contributed by atoms with Crippen LogP contribution in [0.25, 0.3) is 0 Å². The van der Waals surface area contributed by atoms with Gasteiger partial charge < -0.3 is 11.5 Å². The molecule has 0 saturated heterocycles. The van der Waals surface area contributed by atoms with Crippen LogP contribution in [0.2, 0.25) is 0 Å². The molecule has 2 aliphatic carbocycles. The summed E-state index contributed by atoms with van der Waals surface area (Å²) < 4.78 is 0. The fraction of sp³-hybridized carbons (Fsp3) is 1.00. The summed E-state index contributed by atoms with van der Waals surface area (Å²) in [5.41, 5.74) is 11.6. The van der Waals surface area contributed by atoms with Gasteiger partial charge >= 0.3 is 0 Å². The predicted molar refractivity (Wildman–Crippen MR) is 36.8 cm³/mol. The zero-order valence-corrected chi connectivity index (χ0v) is 5.64. The van der Waals surface area contributed by atoms with Crippen molar-refractivity contribution in [3.63, 3.8) is 0 Å². The van der Waals surface area contributed by atoms with Crippen molar-refractivity contribution in [1.82, 2.24) is 0 Å². The zero-order valence-electron chi connectivity index (χ0n) is 5.64. The first-order valence-corrected chi connectivity index (χ1v) is 3.75. The minimum absolute atomic E-state index is 0.0463. The molecule has 2 aliphatic rings. The maximum atomic E-state index is 6.02. The molecule has 0 aromatic carbocycles. The Morgan fingerprint density at radius 3 is 2.56 bits per heavy atom. The van der Waals surface area contributed by atoms with Gasteiger partial charge in [0.1, 0.15) is 0 Å². The Bertz CT molecular complexity index is 135. The first-order chi connectivity index (χ1) is 4.26. The van der Waals surface area contributed by atoms with Crippen molar-refractivity contribution in [2.45, 2.75) is 24.8 Å². The van der Waals surface area contributed by atoms with E-state index in [0.717, 1.165) is 11.8 Å². The zero-order chi connectivity index (χ0) is 6.48. The van der Waals surface area contributed by atoms with Crippen LogP contribution in [0.3, 0.4) is 0 Å². The Kier molecular flexibility index (Phi) is 0.945. The Morgan fingerprint density at radius 1 is 1.56 bits per heavy atom. The minimum Gasteiger partial charge on any atom is -0.329 e. The largest absolute Gasteiger partial charge is 0.329 e. The fourth-order valence-corrected chi connectivity index (χ4v) is 2.16. The van der Waals surface area contributed by atoms with Crippen molar-refractivity contribution >= 4 is 0 Å². The summed E-state index contributed by atoms with van der Waals surface area (Å²) >= 11 is 0. The van der Waals surface area contributed by atoms with Crippen molar-refractivity contribution in [3.8, 4) is 0 Å². The second-order valence-electron chi connectivity index (χ2n) is 3.58. The monoisotopic (exact) mass is 126 g/mol. The maximum Gasteiger partial charge on any atom is 0.0310 e. The molecule has 0 amide bonds. The van der Waals surface area contributed by atoms with Crippen LogP contribution in [0.5, 0.6) is 0 Å². The Labute approximate surface area is 55.6 Å². The van der Waals surface area contributed by atoms with Crippen molar-refractivity contribution in [3.05, 3.63) is 0 Å². The average Bonchev–Trinajstić information content (AvgIpc) is 2.58. The standard InChI is InChI=1S/C7H14N2/c8-4-7(9)2-1-5-3-6(5)7/h5-6H,1-4,8-9H2. The molecule has 0 aliphatic heterocycles. The lowest BCUT2D eigenvalue weighted by Crippen LogP contribution is -2.47. The summed E-state index contributed by atoms with van der Waals surface area (Å²) in [7, 11) is 0. The van der Waals surface area contributed by atoms with E-state index in [9.17, 15) is 0 Å². The van der Waals surface area contributed by atoms with Gasteiger partial charge in [-0.2, -0.15) is 0 Å². The summed E-state index contributed by atoms with van der Waals surface area (Å²) in [6.45, 7) is 0.689.